The van der Waals surface area contributed by atoms with Gasteiger partial charge in [0.1, 0.15) is 0 Å². The molecule has 0 fully saturated rings. The zero-order chi connectivity index (χ0) is 14.8. The molecule has 0 saturated carbocycles. The molecule has 0 aliphatic rings. The Labute approximate surface area is 120 Å². The summed E-state index contributed by atoms with van der Waals surface area (Å²) in [5.74, 6) is 0.239. The van der Waals surface area contributed by atoms with E-state index in [0.29, 0.717) is 5.69 Å². The van der Waals surface area contributed by atoms with Crippen molar-refractivity contribution in [1.82, 2.24) is 0 Å². The third-order valence-electron chi connectivity index (χ3n) is 2.99. The Morgan fingerprint density at radius 1 is 1.05 bits per heavy atom. The van der Waals surface area contributed by atoms with Crippen LogP contribution in [-0.4, -0.2) is 0 Å². The fraction of sp³-hybridized carbons (Fsp3) is 0.200. The van der Waals surface area contributed by atoms with Gasteiger partial charge >= 0.3 is 6.18 Å². The highest BCUT2D eigenvalue weighted by molar-refractivity contribution is 7.98. The second-order valence-corrected chi connectivity index (χ2v) is 5.45. The van der Waals surface area contributed by atoms with Crippen LogP contribution in [-0.2, 0) is 11.9 Å². The van der Waals surface area contributed by atoms with Gasteiger partial charge in [0.25, 0.3) is 0 Å². The fourth-order valence-electron chi connectivity index (χ4n) is 1.86. The molecular formula is C15H14F3NS. The summed E-state index contributed by atoms with van der Waals surface area (Å²) in [5, 5.41) is 0. The van der Waals surface area contributed by atoms with Gasteiger partial charge < -0.3 is 5.73 Å². The van der Waals surface area contributed by atoms with Crippen molar-refractivity contribution in [3.63, 3.8) is 0 Å². The summed E-state index contributed by atoms with van der Waals surface area (Å²) < 4.78 is 38.7. The van der Waals surface area contributed by atoms with Gasteiger partial charge in [0.15, 0.2) is 0 Å². The minimum absolute atomic E-state index is 0.239. The van der Waals surface area contributed by atoms with Gasteiger partial charge in [-0.3, -0.25) is 0 Å². The zero-order valence-electron chi connectivity index (χ0n) is 10.9. The summed E-state index contributed by atoms with van der Waals surface area (Å²) in [6.07, 6.45) is -4.32. The van der Waals surface area contributed by atoms with Gasteiger partial charge in [0.2, 0.25) is 0 Å². The van der Waals surface area contributed by atoms with Crippen LogP contribution in [0.1, 0.15) is 16.7 Å². The minimum Gasteiger partial charge on any atom is -0.398 e. The molecule has 0 aromatic heterocycles. The van der Waals surface area contributed by atoms with Gasteiger partial charge in [-0.05, 0) is 30.2 Å². The van der Waals surface area contributed by atoms with E-state index >= 15 is 0 Å². The maximum Gasteiger partial charge on any atom is 0.416 e. The quantitative estimate of drug-likeness (QED) is 0.645. The van der Waals surface area contributed by atoms with Gasteiger partial charge in [-0.25, -0.2) is 0 Å². The van der Waals surface area contributed by atoms with E-state index in [-0.39, 0.29) is 11.3 Å². The number of alkyl halides is 3. The molecule has 106 valence electrons. The van der Waals surface area contributed by atoms with Crippen LogP contribution in [0.4, 0.5) is 18.9 Å². The molecule has 0 unspecified atom stereocenters. The molecule has 1 nitrogen and oxygen atoms in total. The number of rotatable bonds is 3. The fourth-order valence-corrected chi connectivity index (χ4v) is 2.91. The van der Waals surface area contributed by atoms with Crippen molar-refractivity contribution in [3.05, 3.63) is 59.2 Å². The number of anilines is 1. The standard InChI is InChI=1S/C15H14F3NS/c1-10-5-4-8-13(14(10)19)20-9-11-6-2-3-7-12(11)15(16,17)18/h2-8H,9,19H2,1H3. The topological polar surface area (TPSA) is 26.0 Å². The van der Waals surface area contributed by atoms with Gasteiger partial charge in [0.05, 0.1) is 5.56 Å². The lowest BCUT2D eigenvalue weighted by Gasteiger charge is -2.13. The molecule has 0 bridgehead atoms. The summed E-state index contributed by atoms with van der Waals surface area (Å²) in [6, 6.07) is 11.2. The van der Waals surface area contributed by atoms with Crippen LogP contribution >= 0.6 is 11.8 Å². The second-order valence-electron chi connectivity index (χ2n) is 4.43. The molecule has 0 spiro atoms. The van der Waals surface area contributed by atoms with E-state index in [0.717, 1.165) is 16.5 Å². The average Bonchev–Trinajstić information content (AvgIpc) is 2.40. The number of nitrogen functional groups attached to an aromatic ring is 1. The number of hydrogen-bond acceptors (Lipinski definition) is 2. The number of aryl methyl sites for hydroxylation is 1. The van der Waals surface area contributed by atoms with Crippen LogP contribution in [0.2, 0.25) is 0 Å². The van der Waals surface area contributed by atoms with Crippen molar-refractivity contribution in [2.24, 2.45) is 0 Å². The lowest BCUT2D eigenvalue weighted by molar-refractivity contribution is -0.138. The van der Waals surface area contributed by atoms with Gasteiger partial charge in [-0.2, -0.15) is 13.2 Å². The van der Waals surface area contributed by atoms with E-state index in [9.17, 15) is 13.2 Å². The van der Waals surface area contributed by atoms with Gasteiger partial charge in [0, 0.05) is 16.3 Å². The van der Waals surface area contributed by atoms with Crippen molar-refractivity contribution in [1.29, 1.82) is 0 Å². The van der Waals surface area contributed by atoms with Crippen LogP contribution in [0, 0.1) is 6.92 Å². The number of thioether (sulfide) groups is 1. The molecule has 5 heteroatoms. The summed E-state index contributed by atoms with van der Waals surface area (Å²) in [5.41, 5.74) is 7.17. The minimum atomic E-state index is -4.32. The first kappa shape index (κ1) is 14.8. The Bertz CT molecular complexity index is 608. The van der Waals surface area contributed by atoms with Gasteiger partial charge in [-0.1, -0.05) is 30.3 Å². The Kier molecular flexibility index (Phi) is 4.28. The summed E-state index contributed by atoms with van der Waals surface area (Å²) in [4.78, 5) is 0.807. The maximum atomic E-state index is 12.9. The number of halogens is 3. The molecule has 0 atom stereocenters. The molecule has 0 radical (unpaired) electrons. The van der Waals surface area contributed by atoms with E-state index in [1.54, 1.807) is 6.07 Å². The lowest BCUT2D eigenvalue weighted by Crippen LogP contribution is -2.08. The van der Waals surface area contributed by atoms with Crippen LogP contribution < -0.4 is 5.73 Å². The zero-order valence-corrected chi connectivity index (χ0v) is 11.7. The highest BCUT2D eigenvalue weighted by atomic mass is 32.2. The normalized spacial score (nSPS) is 11.6. The van der Waals surface area contributed by atoms with E-state index in [4.69, 9.17) is 5.73 Å². The van der Waals surface area contributed by atoms with Crippen LogP contribution in [0.3, 0.4) is 0 Å². The Morgan fingerprint density at radius 3 is 2.45 bits per heavy atom. The van der Waals surface area contributed by atoms with Crippen LogP contribution in [0.25, 0.3) is 0 Å². The number of para-hydroxylation sites is 1. The molecule has 0 aliphatic heterocycles. The van der Waals surface area contributed by atoms with E-state index in [2.05, 4.69) is 0 Å². The Morgan fingerprint density at radius 2 is 1.75 bits per heavy atom. The van der Waals surface area contributed by atoms with Crippen molar-refractivity contribution < 1.29 is 13.2 Å². The summed E-state index contributed by atoms with van der Waals surface area (Å²) in [6.45, 7) is 1.88. The predicted octanol–water partition coefficient (Wildman–Crippen LogP) is 4.89. The number of hydrogen-bond donors (Lipinski definition) is 1. The maximum absolute atomic E-state index is 12.9. The molecule has 0 aliphatic carbocycles. The highest BCUT2D eigenvalue weighted by Crippen LogP contribution is 2.36. The number of nitrogens with two attached hydrogens (primary N) is 1. The van der Waals surface area contributed by atoms with Gasteiger partial charge in [-0.15, -0.1) is 11.8 Å². The summed E-state index contributed by atoms with van der Waals surface area (Å²) >= 11 is 1.32. The first-order valence-electron chi connectivity index (χ1n) is 6.02. The lowest BCUT2D eigenvalue weighted by atomic mass is 10.1. The second kappa shape index (κ2) is 5.79. The third-order valence-corrected chi connectivity index (χ3v) is 4.11. The molecule has 2 rings (SSSR count). The van der Waals surface area contributed by atoms with E-state index < -0.39 is 11.7 Å². The van der Waals surface area contributed by atoms with E-state index in [1.165, 1.54) is 23.9 Å². The van der Waals surface area contributed by atoms with Crippen molar-refractivity contribution in [2.45, 2.75) is 23.7 Å². The molecule has 0 saturated heterocycles. The molecule has 0 heterocycles. The first-order valence-corrected chi connectivity index (χ1v) is 7.01. The largest absolute Gasteiger partial charge is 0.416 e. The van der Waals surface area contributed by atoms with Crippen LogP contribution in [0.15, 0.2) is 47.4 Å². The predicted molar refractivity (Wildman–Crippen MR) is 76.6 cm³/mol. The molecule has 0 amide bonds. The first-order chi connectivity index (χ1) is 9.39. The molecule has 2 N–H and O–H groups in total. The van der Waals surface area contributed by atoms with E-state index in [1.807, 2.05) is 25.1 Å². The molecule has 2 aromatic carbocycles. The van der Waals surface area contributed by atoms with Crippen LogP contribution in [0.5, 0.6) is 0 Å². The molecular weight excluding hydrogens is 283 g/mol. The molecule has 2 aromatic rings. The third kappa shape index (κ3) is 3.28. The van der Waals surface area contributed by atoms with Crippen molar-refractivity contribution >= 4 is 17.4 Å². The number of benzene rings is 2. The monoisotopic (exact) mass is 297 g/mol. The Hall–Kier alpha value is -1.62. The van der Waals surface area contributed by atoms with Crippen molar-refractivity contribution in [2.75, 3.05) is 5.73 Å². The van der Waals surface area contributed by atoms with Crippen molar-refractivity contribution in [3.8, 4) is 0 Å². The average molecular weight is 297 g/mol. The summed E-state index contributed by atoms with van der Waals surface area (Å²) in [7, 11) is 0. The Balaban J connectivity index is 2.22. The smallest absolute Gasteiger partial charge is 0.398 e. The highest BCUT2D eigenvalue weighted by Gasteiger charge is 2.32. The molecule has 20 heavy (non-hydrogen) atoms. The SMILES string of the molecule is Cc1cccc(SCc2ccccc2C(F)(F)F)c1N.